The van der Waals surface area contributed by atoms with Gasteiger partial charge in [0.15, 0.2) is 0 Å². The summed E-state index contributed by atoms with van der Waals surface area (Å²) in [6.07, 6.45) is 1.89. The first-order valence-corrected chi connectivity index (χ1v) is 6.40. The Labute approximate surface area is 105 Å². The average molecular weight is 284 g/mol. The van der Waals surface area contributed by atoms with E-state index in [2.05, 4.69) is 58.0 Å². The lowest BCUT2D eigenvalue weighted by Crippen LogP contribution is -2.58. The number of piperazine rings is 1. The van der Waals surface area contributed by atoms with Crippen molar-refractivity contribution in [2.45, 2.75) is 26.3 Å². The van der Waals surface area contributed by atoms with Gasteiger partial charge in [-0.05, 0) is 48.3 Å². The standard InChI is InChI=1S/C12H18BrN3/c1-9-6-11(15-7-10(9)13)16-5-4-14-8-12(16,2)3/h6-7,14H,4-5,8H2,1-3H3. The Morgan fingerprint density at radius 3 is 2.88 bits per heavy atom. The van der Waals surface area contributed by atoms with Crippen LogP contribution in [0.15, 0.2) is 16.7 Å². The molecule has 1 aliphatic heterocycles. The number of halogens is 1. The van der Waals surface area contributed by atoms with E-state index >= 15 is 0 Å². The van der Waals surface area contributed by atoms with E-state index in [-0.39, 0.29) is 5.54 Å². The largest absolute Gasteiger partial charge is 0.349 e. The zero-order valence-corrected chi connectivity index (χ0v) is 11.6. The summed E-state index contributed by atoms with van der Waals surface area (Å²) in [5, 5.41) is 3.42. The minimum atomic E-state index is 0.130. The lowest BCUT2D eigenvalue weighted by Gasteiger charge is -2.43. The fourth-order valence-corrected chi connectivity index (χ4v) is 2.30. The van der Waals surface area contributed by atoms with Gasteiger partial charge in [-0.25, -0.2) is 4.98 Å². The second kappa shape index (κ2) is 4.34. The van der Waals surface area contributed by atoms with E-state index in [1.807, 2.05) is 6.20 Å². The second-order valence-electron chi connectivity index (χ2n) is 4.93. The zero-order valence-electron chi connectivity index (χ0n) is 10.0. The van der Waals surface area contributed by atoms with E-state index in [0.717, 1.165) is 29.9 Å². The molecule has 16 heavy (non-hydrogen) atoms. The molecule has 0 aromatic carbocycles. The van der Waals surface area contributed by atoms with Crippen LogP contribution in [0, 0.1) is 6.92 Å². The summed E-state index contributed by atoms with van der Waals surface area (Å²) in [7, 11) is 0. The summed E-state index contributed by atoms with van der Waals surface area (Å²) in [5.74, 6) is 1.08. The smallest absolute Gasteiger partial charge is 0.129 e. The molecular weight excluding hydrogens is 266 g/mol. The molecule has 1 fully saturated rings. The van der Waals surface area contributed by atoms with Crippen LogP contribution in [0.5, 0.6) is 0 Å². The minimum absolute atomic E-state index is 0.130. The monoisotopic (exact) mass is 283 g/mol. The van der Waals surface area contributed by atoms with Gasteiger partial charge in [-0.1, -0.05) is 0 Å². The number of anilines is 1. The van der Waals surface area contributed by atoms with E-state index in [0.29, 0.717) is 0 Å². The van der Waals surface area contributed by atoms with Gasteiger partial charge in [0.05, 0.1) is 0 Å². The molecule has 3 nitrogen and oxygen atoms in total. The van der Waals surface area contributed by atoms with Gasteiger partial charge < -0.3 is 10.2 Å². The van der Waals surface area contributed by atoms with Crippen LogP contribution in [0.2, 0.25) is 0 Å². The summed E-state index contributed by atoms with van der Waals surface area (Å²) < 4.78 is 1.07. The van der Waals surface area contributed by atoms with Crippen molar-refractivity contribution < 1.29 is 0 Å². The molecule has 0 aliphatic carbocycles. The van der Waals surface area contributed by atoms with E-state index in [1.54, 1.807) is 0 Å². The van der Waals surface area contributed by atoms with Gasteiger partial charge in [-0.2, -0.15) is 0 Å². The number of rotatable bonds is 1. The van der Waals surface area contributed by atoms with Crippen LogP contribution in [0.25, 0.3) is 0 Å². The van der Waals surface area contributed by atoms with Crippen molar-refractivity contribution in [1.29, 1.82) is 0 Å². The molecule has 0 amide bonds. The Balaban J connectivity index is 2.31. The molecule has 1 aromatic rings. The molecule has 0 unspecified atom stereocenters. The second-order valence-corrected chi connectivity index (χ2v) is 5.79. The summed E-state index contributed by atoms with van der Waals surface area (Å²) >= 11 is 3.49. The molecule has 1 saturated heterocycles. The fraction of sp³-hybridized carbons (Fsp3) is 0.583. The van der Waals surface area contributed by atoms with Gasteiger partial charge in [0.25, 0.3) is 0 Å². The van der Waals surface area contributed by atoms with Crippen molar-refractivity contribution in [2.24, 2.45) is 0 Å². The maximum atomic E-state index is 4.51. The third kappa shape index (κ3) is 2.23. The predicted molar refractivity (Wildman–Crippen MR) is 71.0 cm³/mol. The highest BCUT2D eigenvalue weighted by atomic mass is 79.9. The van der Waals surface area contributed by atoms with Gasteiger partial charge in [0.1, 0.15) is 5.82 Å². The van der Waals surface area contributed by atoms with Crippen molar-refractivity contribution in [3.63, 3.8) is 0 Å². The van der Waals surface area contributed by atoms with Crippen molar-refractivity contribution >= 4 is 21.7 Å². The van der Waals surface area contributed by atoms with Crippen LogP contribution in [0.3, 0.4) is 0 Å². The van der Waals surface area contributed by atoms with Crippen LogP contribution in [0.4, 0.5) is 5.82 Å². The third-order valence-corrected chi connectivity index (χ3v) is 3.94. The van der Waals surface area contributed by atoms with Gasteiger partial charge in [0.2, 0.25) is 0 Å². The number of pyridine rings is 1. The Bertz CT molecular complexity index is 390. The zero-order chi connectivity index (χ0) is 11.8. The van der Waals surface area contributed by atoms with Crippen LogP contribution in [-0.4, -0.2) is 30.2 Å². The molecule has 4 heteroatoms. The Kier molecular flexibility index (Phi) is 3.22. The molecule has 0 bridgehead atoms. The van der Waals surface area contributed by atoms with Crippen molar-refractivity contribution in [3.05, 3.63) is 22.3 Å². The number of hydrogen-bond donors (Lipinski definition) is 1. The van der Waals surface area contributed by atoms with E-state index in [4.69, 9.17) is 0 Å². The predicted octanol–water partition coefficient (Wildman–Crippen LogP) is 2.34. The molecule has 0 spiro atoms. The van der Waals surface area contributed by atoms with Gasteiger partial charge >= 0.3 is 0 Å². The Morgan fingerprint density at radius 1 is 1.50 bits per heavy atom. The van der Waals surface area contributed by atoms with Gasteiger partial charge in [-0.3, -0.25) is 0 Å². The van der Waals surface area contributed by atoms with Crippen molar-refractivity contribution in [3.8, 4) is 0 Å². The third-order valence-electron chi connectivity index (χ3n) is 3.11. The molecule has 1 aliphatic rings. The average Bonchev–Trinajstić information content (AvgIpc) is 2.22. The SMILES string of the molecule is Cc1cc(N2CCNCC2(C)C)ncc1Br. The number of nitrogens with zero attached hydrogens (tertiary/aromatic N) is 2. The molecular formula is C12H18BrN3. The van der Waals surface area contributed by atoms with Crippen LogP contribution < -0.4 is 10.2 Å². The van der Waals surface area contributed by atoms with Crippen LogP contribution in [-0.2, 0) is 0 Å². The maximum absolute atomic E-state index is 4.51. The maximum Gasteiger partial charge on any atom is 0.129 e. The molecule has 2 rings (SSSR count). The highest BCUT2D eigenvalue weighted by molar-refractivity contribution is 9.10. The van der Waals surface area contributed by atoms with Crippen molar-refractivity contribution in [1.82, 2.24) is 10.3 Å². The van der Waals surface area contributed by atoms with E-state index < -0.39 is 0 Å². The van der Waals surface area contributed by atoms with E-state index in [1.165, 1.54) is 5.56 Å². The van der Waals surface area contributed by atoms with Crippen LogP contribution >= 0.6 is 15.9 Å². The van der Waals surface area contributed by atoms with Crippen LogP contribution in [0.1, 0.15) is 19.4 Å². The summed E-state index contributed by atoms with van der Waals surface area (Å²) in [4.78, 5) is 6.89. The molecule has 1 aromatic heterocycles. The lowest BCUT2D eigenvalue weighted by molar-refractivity contribution is 0.378. The minimum Gasteiger partial charge on any atom is -0.349 e. The summed E-state index contributed by atoms with van der Waals surface area (Å²) in [5.41, 5.74) is 1.37. The van der Waals surface area contributed by atoms with E-state index in [9.17, 15) is 0 Å². The number of aryl methyl sites for hydroxylation is 1. The number of nitrogens with one attached hydrogen (secondary N) is 1. The quantitative estimate of drug-likeness (QED) is 0.858. The first-order chi connectivity index (χ1) is 7.50. The number of aromatic nitrogens is 1. The fourth-order valence-electron chi connectivity index (χ4n) is 2.08. The molecule has 0 radical (unpaired) electrons. The summed E-state index contributed by atoms with van der Waals surface area (Å²) in [6, 6.07) is 2.15. The Morgan fingerprint density at radius 2 is 2.25 bits per heavy atom. The molecule has 0 saturated carbocycles. The van der Waals surface area contributed by atoms with Crippen molar-refractivity contribution in [2.75, 3.05) is 24.5 Å². The van der Waals surface area contributed by atoms with Gasteiger partial charge in [-0.15, -0.1) is 0 Å². The van der Waals surface area contributed by atoms with Gasteiger partial charge in [0, 0.05) is 35.8 Å². The molecule has 2 heterocycles. The normalized spacial score (nSPS) is 19.9. The lowest BCUT2D eigenvalue weighted by atomic mass is 10.00. The first-order valence-electron chi connectivity index (χ1n) is 5.61. The number of hydrogen-bond acceptors (Lipinski definition) is 3. The highest BCUT2D eigenvalue weighted by Crippen LogP contribution is 2.26. The highest BCUT2D eigenvalue weighted by Gasteiger charge is 2.30. The first kappa shape index (κ1) is 11.9. The molecule has 88 valence electrons. The topological polar surface area (TPSA) is 28.2 Å². The Hall–Kier alpha value is -0.610. The molecule has 1 N–H and O–H groups in total. The summed E-state index contributed by atoms with van der Waals surface area (Å²) in [6.45, 7) is 9.64. The molecule has 0 atom stereocenters.